The number of rotatable bonds is 3. The highest BCUT2D eigenvalue weighted by atomic mass is 32.2. The molecule has 0 atom stereocenters. The molecule has 1 aromatic carbocycles. The molecule has 0 radical (unpaired) electrons. The van der Waals surface area contributed by atoms with Gasteiger partial charge in [-0.05, 0) is 28.2 Å². The predicted molar refractivity (Wildman–Crippen MR) is 59.1 cm³/mol. The quantitative estimate of drug-likeness (QED) is 0.646. The van der Waals surface area contributed by atoms with Crippen molar-refractivity contribution in [3.05, 3.63) is 58.8 Å². The summed E-state index contributed by atoms with van der Waals surface area (Å²) in [6, 6.07) is 15.0. The molecule has 2 aromatic rings. The molecule has 1 aromatic heterocycles. The second kappa shape index (κ2) is 4.24. The Morgan fingerprint density at radius 2 is 1.54 bits per heavy atom. The fourth-order valence-corrected chi connectivity index (χ4v) is 2.77. The Balaban J connectivity index is 1.94. The Hall–Kier alpha value is -1.08. The van der Waals surface area contributed by atoms with Crippen molar-refractivity contribution in [2.75, 3.05) is 0 Å². The largest absolute Gasteiger partial charge is 0.137 e. The molecule has 0 saturated carbocycles. The summed E-state index contributed by atoms with van der Waals surface area (Å²) in [5.41, 5.74) is 1.45. The lowest BCUT2D eigenvalue weighted by Gasteiger charge is -1.94. The highest BCUT2D eigenvalue weighted by Gasteiger charge is 2.01. The molecule has 2 rings (SSSR count). The first-order valence-electron chi connectivity index (χ1n) is 4.52. The SMILES string of the molecule is c1ccc(CC[s+]2cccc2)cc1. The normalized spacial score (nSPS) is 10.2. The van der Waals surface area contributed by atoms with E-state index in [2.05, 4.69) is 53.2 Å². The number of aryl methyl sites for hydroxylation is 2. The maximum absolute atomic E-state index is 2.29. The minimum Gasteiger partial charge on any atom is -0.0622 e. The lowest BCUT2D eigenvalue weighted by Crippen LogP contribution is -1.83. The van der Waals surface area contributed by atoms with Gasteiger partial charge in [-0.15, -0.1) is 0 Å². The molecule has 1 heterocycles. The van der Waals surface area contributed by atoms with Gasteiger partial charge in [0.15, 0.2) is 0 Å². The van der Waals surface area contributed by atoms with E-state index in [-0.39, 0.29) is 0 Å². The molecule has 0 amide bonds. The van der Waals surface area contributed by atoms with Crippen LogP contribution in [0.5, 0.6) is 0 Å². The van der Waals surface area contributed by atoms with Crippen LogP contribution in [0.4, 0.5) is 0 Å². The lowest BCUT2D eigenvalue weighted by molar-refractivity contribution is 1.08. The standard InChI is InChI=1S/C12H13S/c1-2-6-12(7-3-1)8-11-13-9-4-5-10-13/h1-7,9-10H,8,11H2/q+1. The van der Waals surface area contributed by atoms with Crippen LogP contribution in [0.1, 0.15) is 5.56 Å². The van der Waals surface area contributed by atoms with E-state index in [1.54, 1.807) is 0 Å². The third-order valence-electron chi connectivity index (χ3n) is 2.09. The van der Waals surface area contributed by atoms with Crippen LogP contribution in [-0.4, -0.2) is 0 Å². The number of hydrogen-bond donors (Lipinski definition) is 0. The van der Waals surface area contributed by atoms with Gasteiger partial charge >= 0.3 is 0 Å². The summed E-state index contributed by atoms with van der Waals surface area (Å²) >= 11 is 0. The first-order chi connectivity index (χ1) is 6.45. The minimum atomic E-state index is 0.411. The first-order valence-corrected chi connectivity index (χ1v) is 6.04. The van der Waals surface area contributed by atoms with Crippen molar-refractivity contribution in [1.29, 1.82) is 0 Å². The van der Waals surface area contributed by atoms with Crippen molar-refractivity contribution in [2.24, 2.45) is 0 Å². The van der Waals surface area contributed by atoms with E-state index in [0.717, 1.165) is 0 Å². The predicted octanol–water partition coefficient (Wildman–Crippen LogP) is 3.68. The van der Waals surface area contributed by atoms with Crippen LogP contribution >= 0.6 is 10.5 Å². The molecule has 0 aliphatic carbocycles. The van der Waals surface area contributed by atoms with Gasteiger partial charge in [0.2, 0.25) is 0 Å². The van der Waals surface area contributed by atoms with Crippen LogP contribution in [-0.2, 0) is 12.2 Å². The zero-order valence-electron chi connectivity index (χ0n) is 7.52. The summed E-state index contributed by atoms with van der Waals surface area (Å²) in [5.74, 6) is 1.26. The van der Waals surface area contributed by atoms with Crippen LogP contribution in [0.2, 0.25) is 0 Å². The molecule has 13 heavy (non-hydrogen) atoms. The van der Waals surface area contributed by atoms with Gasteiger partial charge in [0.25, 0.3) is 0 Å². The number of hydrogen-bond acceptors (Lipinski definition) is 0. The van der Waals surface area contributed by atoms with Gasteiger partial charge in [0.1, 0.15) is 16.5 Å². The van der Waals surface area contributed by atoms with Crippen molar-refractivity contribution in [2.45, 2.75) is 12.2 Å². The molecule has 0 fully saturated rings. The van der Waals surface area contributed by atoms with Crippen molar-refractivity contribution >= 4 is 10.5 Å². The van der Waals surface area contributed by atoms with Crippen LogP contribution < -0.4 is 0 Å². The maximum Gasteiger partial charge on any atom is 0.137 e. The Morgan fingerprint density at radius 1 is 0.846 bits per heavy atom. The van der Waals surface area contributed by atoms with E-state index in [4.69, 9.17) is 0 Å². The summed E-state index contributed by atoms with van der Waals surface area (Å²) in [6.45, 7) is 0. The summed E-state index contributed by atoms with van der Waals surface area (Å²) < 4.78 is 0. The average Bonchev–Trinajstić information content (AvgIpc) is 2.69. The second-order valence-corrected chi connectivity index (χ2v) is 4.96. The van der Waals surface area contributed by atoms with Crippen LogP contribution in [0.15, 0.2) is 53.2 Å². The minimum absolute atomic E-state index is 0.411. The second-order valence-electron chi connectivity index (χ2n) is 3.07. The smallest absolute Gasteiger partial charge is 0.0622 e. The Kier molecular flexibility index (Phi) is 2.78. The summed E-state index contributed by atoms with van der Waals surface area (Å²) in [4.78, 5) is 0. The molecule has 1 heteroatoms. The van der Waals surface area contributed by atoms with Crippen LogP contribution in [0.3, 0.4) is 0 Å². The van der Waals surface area contributed by atoms with Gasteiger partial charge in [-0.3, -0.25) is 0 Å². The molecule has 0 saturated heterocycles. The van der Waals surface area contributed by atoms with E-state index in [1.165, 1.54) is 17.7 Å². The fourth-order valence-electron chi connectivity index (χ4n) is 1.35. The topological polar surface area (TPSA) is 0 Å². The van der Waals surface area contributed by atoms with Gasteiger partial charge in [-0.1, -0.05) is 30.3 Å². The number of thiophene rings is 1. The molecular formula is C12H13S+. The van der Waals surface area contributed by atoms with Gasteiger partial charge in [0, 0.05) is 6.42 Å². The molecule has 0 bridgehead atoms. The van der Waals surface area contributed by atoms with Gasteiger partial charge in [-0.25, -0.2) is 0 Å². The highest BCUT2D eigenvalue weighted by Crippen LogP contribution is 2.19. The Morgan fingerprint density at radius 3 is 2.23 bits per heavy atom. The van der Waals surface area contributed by atoms with Gasteiger partial charge in [0.05, 0.1) is 0 Å². The van der Waals surface area contributed by atoms with E-state index >= 15 is 0 Å². The highest BCUT2D eigenvalue weighted by molar-refractivity contribution is 7.27. The van der Waals surface area contributed by atoms with E-state index in [1.807, 2.05) is 0 Å². The van der Waals surface area contributed by atoms with Crippen LogP contribution in [0, 0.1) is 0 Å². The van der Waals surface area contributed by atoms with E-state index < -0.39 is 0 Å². The molecule has 0 N–H and O–H groups in total. The number of benzene rings is 1. The molecule has 0 unspecified atom stereocenters. The Bertz CT molecular complexity index is 335. The molecule has 0 aliphatic heterocycles. The fraction of sp³-hybridized carbons (Fsp3) is 0.167. The lowest BCUT2D eigenvalue weighted by atomic mass is 10.2. The molecule has 66 valence electrons. The summed E-state index contributed by atoms with van der Waals surface area (Å²) in [6.07, 6.45) is 1.19. The third-order valence-corrected chi connectivity index (χ3v) is 3.78. The summed E-state index contributed by atoms with van der Waals surface area (Å²) in [5, 5.41) is 4.59. The van der Waals surface area contributed by atoms with Gasteiger partial charge < -0.3 is 0 Å². The van der Waals surface area contributed by atoms with Crippen LogP contribution in [0.25, 0.3) is 0 Å². The molecular weight excluding hydrogens is 176 g/mol. The van der Waals surface area contributed by atoms with Crippen molar-refractivity contribution in [1.82, 2.24) is 0 Å². The van der Waals surface area contributed by atoms with E-state index in [0.29, 0.717) is 10.5 Å². The molecule has 0 nitrogen and oxygen atoms in total. The zero-order chi connectivity index (χ0) is 8.93. The third kappa shape index (κ3) is 2.43. The monoisotopic (exact) mass is 189 g/mol. The van der Waals surface area contributed by atoms with Crippen molar-refractivity contribution in [3.63, 3.8) is 0 Å². The molecule has 0 aliphatic rings. The zero-order valence-corrected chi connectivity index (χ0v) is 8.34. The average molecular weight is 189 g/mol. The van der Waals surface area contributed by atoms with Gasteiger partial charge in [-0.2, -0.15) is 0 Å². The van der Waals surface area contributed by atoms with Crippen molar-refractivity contribution < 1.29 is 0 Å². The van der Waals surface area contributed by atoms with E-state index in [9.17, 15) is 0 Å². The first kappa shape index (κ1) is 8.52. The Labute approximate surface area is 81.8 Å². The van der Waals surface area contributed by atoms with Crippen molar-refractivity contribution in [3.8, 4) is 0 Å². The summed E-state index contributed by atoms with van der Waals surface area (Å²) in [7, 11) is 0.411. The maximum atomic E-state index is 2.29. The molecule has 0 spiro atoms.